The molecule has 5 heterocycles. The molecule has 6 aromatic rings. The van der Waals surface area contributed by atoms with E-state index in [9.17, 15) is 38.4 Å². The van der Waals surface area contributed by atoms with Gasteiger partial charge in [-0.3, -0.25) is 24.9 Å². The second kappa shape index (κ2) is 34.4. The lowest BCUT2D eigenvalue weighted by Crippen LogP contribution is -2.52. The smallest absolute Gasteiger partial charge is 0.330 e. The predicted octanol–water partition coefficient (Wildman–Crippen LogP) is 7.04. The normalized spacial score (nSPS) is 15.9. The Bertz CT molecular complexity index is 3430. The third-order valence-electron chi connectivity index (χ3n) is 14.7. The molecule has 0 spiro atoms. The number of aliphatic hydroxyl groups excluding tert-OH is 8. The number of hydrogen-bond acceptors (Lipinski definition) is 20. The lowest BCUT2D eigenvalue weighted by Gasteiger charge is -2.35. The van der Waals surface area contributed by atoms with Crippen LogP contribution in [0.2, 0.25) is 10.0 Å². The zero-order valence-electron chi connectivity index (χ0n) is 54.4. The summed E-state index contributed by atoms with van der Waals surface area (Å²) in [6, 6.07) is 33.7. The third kappa shape index (κ3) is 22.2. The molecule has 4 amide bonds. The number of nitrogens with zero attached hydrogens (tertiary/aromatic N) is 8. The molecule has 4 aromatic carbocycles. The summed E-state index contributed by atoms with van der Waals surface area (Å²) in [7, 11) is -0.380. The summed E-state index contributed by atoms with van der Waals surface area (Å²) in [4.78, 5) is 47.8. The maximum absolute atomic E-state index is 12.8. The highest BCUT2D eigenvalue weighted by Gasteiger charge is 2.47. The number of hydrogen-bond donors (Lipinski definition) is 11. The third-order valence-corrected chi connectivity index (χ3v) is 16.2. The molecule has 504 valence electrons. The van der Waals surface area contributed by atoms with Crippen LogP contribution < -0.4 is 36.0 Å². The van der Waals surface area contributed by atoms with E-state index >= 15 is 0 Å². The average molecular weight is 1340 g/mol. The van der Waals surface area contributed by atoms with Crippen LogP contribution in [0.3, 0.4) is 0 Å². The first-order valence-corrected chi connectivity index (χ1v) is 32.0. The van der Waals surface area contributed by atoms with Crippen molar-refractivity contribution >= 4 is 74.1 Å². The first-order valence-electron chi connectivity index (χ1n) is 29.4. The maximum atomic E-state index is 12.8. The monoisotopic (exact) mass is 1340 g/mol. The first-order chi connectivity index (χ1) is 43.0. The molecule has 1 fully saturated rings. The van der Waals surface area contributed by atoms with E-state index in [0.717, 1.165) is 28.5 Å². The number of aliphatic hydroxyl groups is 8. The summed E-state index contributed by atoms with van der Waals surface area (Å²) in [5.41, 5.74) is 9.23. The van der Waals surface area contributed by atoms with Crippen LogP contribution in [0.15, 0.2) is 138 Å². The molecule has 3 aliphatic rings. The summed E-state index contributed by atoms with van der Waals surface area (Å²) in [6.45, 7) is 18.3. The van der Waals surface area contributed by atoms with E-state index in [1.54, 1.807) is 88.3 Å². The summed E-state index contributed by atoms with van der Waals surface area (Å²) in [5.74, 6) is 1.03. The number of amides is 4. The fourth-order valence-electron chi connectivity index (χ4n) is 8.51. The van der Waals surface area contributed by atoms with Gasteiger partial charge in [0.05, 0.1) is 103 Å². The molecule has 3 aliphatic heterocycles. The van der Waals surface area contributed by atoms with Crippen molar-refractivity contribution in [3.63, 3.8) is 0 Å². The van der Waals surface area contributed by atoms with Crippen LogP contribution in [-0.2, 0) is 27.7 Å². The van der Waals surface area contributed by atoms with Gasteiger partial charge in [-0.1, -0.05) is 120 Å². The van der Waals surface area contributed by atoms with Gasteiger partial charge in [0.2, 0.25) is 20.9 Å². The fourth-order valence-corrected chi connectivity index (χ4v) is 9.49. The molecular formula is C65H91Cl2N11O13S. The summed E-state index contributed by atoms with van der Waals surface area (Å²) >= 11 is 12.4. The highest BCUT2D eigenvalue weighted by atomic mass is 35.5. The van der Waals surface area contributed by atoms with Crippen LogP contribution >= 0.6 is 23.2 Å². The number of urea groups is 2. The van der Waals surface area contributed by atoms with Gasteiger partial charge in [-0.25, -0.2) is 33.0 Å². The summed E-state index contributed by atoms with van der Waals surface area (Å²) in [6.07, 6.45) is 3.31. The molecule has 24 nitrogen and oxygen atoms in total. The molecule has 92 heavy (non-hydrogen) atoms. The van der Waals surface area contributed by atoms with Crippen molar-refractivity contribution in [1.29, 1.82) is 0 Å². The van der Waals surface area contributed by atoms with Crippen molar-refractivity contribution in [2.45, 2.75) is 140 Å². The lowest BCUT2D eigenvalue weighted by molar-refractivity contribution is 0.0251. The second-order valence-corrected chi connectivity index (χ2v) is 27.0. The van der Waals surface area contributed by atoms with Crippen molar-refractivity contribution in [2.75, 3.05) is 78.3 Å². The van der Waals surface area contributed by atoms with Crippen molar-refractivity contribution < 1.29 is 63.6 Å². The van der Waals surface area contributed by atoms with Gasteiger partial charge >= 0.3 is 12.1 Å². The number of epoxide rings is 1. The number of nitrogens with one attached hydrogen (secondary N) is 2. The number of allylic oxidation sites excluding steroid dienone is 1. The minimum Gasteiger partial charge on any atom is -0.394 e. The fraction of sp³-hybridized carbons (Fsp3) is 0.446. The summed E-state index contributed by atoms with van der Waals surface area (Å²) < 4.78 is 28.2. The van der Waals surface area contributed by atoms with Crippen LogP contribution in [0.5, 0.6) is 0 Å². The van der Waals surface area contributed by atoms with Crippen molar-refractivity contribution in [1.82, 2.24) is 25.3 Å². The number of fused-ring (bicyclic) bond motifs is 2. The van der Waals surface area contributed by atoms with E-state index in [4.69, 9.17) is 54.1 Å². The molecule has 0 aliphatic carbocycles. The molecule has 2 aromatic heterocycles. The van der Waals surface area contributed by atoms with Crippen LogP contribution in [-0.4, -0.2) is 181 Å². The van der Waals surface area contributed by atoms with Crippen molar-refractivity contribution in [3.8, 4) is 0 Å². The van der Waals surface area contributed by atoms with Crippen LogP contribution in [0.1, 0.15) is 97.5 Å². The van der Waals surface area contributed by atoms with Gasteiger partial charge in [0.1, 0.15) is 17.7 Å². The Balaban J connectivity index is 0.000000255. The van der Waals surface area contributed by atoms with Crippen molar-refractivity contribution in [3.05, 3.63) is 166 Å². The van der Waals surface area contributed by atoms with Gasteiger partial charge in [0.15, 0.2) is 0 Å². The van der Waals surface area contributed by atoms with E-state index in [-0.39, 0.29) is 79.7 Å². The minimum absolute atomic E-state index is 0.0330. The van der Waals surface area contributed by atoms with Crippen LogP contribution in [0.25, 0.3) is 0 Å². The van der Waals surface area contributed by atoms with E-state index in [2.05, 4.69) is 54.8 Å². The minimum atomic E-state index is -3.54. The lowest BCUT2D eigenvalue weighted by atomic mass is 9.91. The Morgan fingerprint density at radius 2 is 1.08 bits per heavy atom. The van der Waals surface area contributed by atoms with E-state index < -0.39 is 51.4 Å². The van der Waals surface area contributed by atoms with Crippen LogP contribution in [0.4, 0.5) is 38.5 Å². The number of carbonyl (C=O) groups is 2. The number of sulfone groups is 1. The van der Waals surface area contributed by atoms with Gasteiger partial charge in [-0.05, 0) is 105 Å². The average Bonchev–Trinajstić information content (AvgIpc) is 1.06. The molecule has 0 radical (unpaired) electrons. The number of anilines is 5. The highest BCUT2D eigenvalue weighted by Crippen LogP contribution is 2.37. The topological polar surface area (TPSA) is 357 Å². The van der Waals surface area contributed by atoms with Gasteiger partial charge in [-0.15, -0.1) is 0 Å². The molecule has 27 heteroatoms. The molecule has 12 N–H and O–H groups in total. The van der Waals surface area contributed by atoms with E-state index in [1.165, 1.54) is 27.9 Å². The van der Waals surface area contributed by atoms with Crippen molar-refractivity contribution in [2.24, 2.45) is 5.73 Å². The number of aromatic nitrogens is 4. The zero-order chi connectivity index (χ0) is 69.1. The number of nitrogens with two attached hydrogens (primary N) is 1. The predicted molar refractivity (Wildman–Crippen MR) is 360 cm³/mol. The zero-order valence-corrected chi connectivity index (χ0v) is 56.7. The first kappa shape index (κ1) is 77.7. The maximum Gasteiger partial charge on any atom is 0.330 e. The van der Waals surface area contributed by atoms with Gasteiger partial charge in [0, 0.05) is 54.9 Å². The molecule has 9 rings (SSSR count). The largest absolute Gasteiger partial charge is 0.394 e. The Morgan fingerprint density at radius 3 is 1.41 bits per heavy atom. The standard InChI is InChI=1S/C18H22ClN5O3.C18H23NO2.C14H13ClN4O3S.C5H13NO2.C5H10O2.C5H10O/c1-18(2,14(26)10-25)22-16-20-8-11-9-24(13-7-5-4-6-12(13)19)17(27)23(3)15(11)21-16;1-18(2,16(21)13-20)19-17(14-9-5-3-6-10-14)15-11-7-4-8-12-15;1-18-12-9(7-16-13(17-12)23(2,21)22)8-19(14(18)20)11-6-4-3-5-10(11)15;1-5(2,6)4(8)3-7;1-5(2)4(3-6)7-5;1-5(2)3-4-6/h4-8,14,25-26H,9-10H2,1-3H3,(H,20,21,22);3-12,16-17,19-21H,13H2,1-2H3;3-7H,8H2,1-2H3;4,7-8H,3,6H2,1-2H3;4,6H,3H2,1-2H3;3,6H,4H2,1-2H3. The Morgan fingerprint density at radius 1 is 0.674 bits per heavy atom. The van der Waals surface area contributed by atoms with E-state index in [1.807, 2.05) is 90.1 Å². The number of halogens is 2. The quantitative estimate of drug-likeness (QED) is 0.0248. The molecule has 0 saturated carbocycles. The Labute approximate surface area is 549 Å². The molecule has 1 saturated heterocycles. The Kier molecular flexibility index (Phi) is 29.0. The van der Waals surface area contributed by atoms with E-state index in [0.29, 0.717) is 39.3 Å². The number of benzene rings is 4. The number of para-hydroxylation sites is 2. The SMILES string of the molecule is CC(C)(N)C(O)CO.CC(C)(NC(c1ccccc1)c1ccccc1)C(O)CO.CC(C)=CCO.CC1(C)OC1CO.CN1C(=O)N(c2ccccc2Cl)Cc2cnc(NC(C)(C)C(O)CO)nc21.CN1C(=O)N(c2ccccc2Cl)Cc2cnc(S(C)(=O)=O)nc21. The number of ether oxygens (including phenoxy) is 1. The van der Waals surface area contributed by atoms with Crippen LogP contribution in [0, 0.1) is 0 Å². The molecule has 4 unspecified atom stereocenters. The summed E-state index contributed by atoms with van der Waals surface area (Å²) in [5, 5.41) is 79.2. The molecule has 0 bridgehead atoms. The molecule has 4 atom stereocenters. The highest BCUT2D eigenvalue weighted by molar-refractivity contribution is 7.90. The van der Waals surface area contributed by atoms with Gasteiger partial charge in [0.25, 0.3) is 0 Å². The molecular weight excluding hydrogens is 1250 g/mol. The Hall–Kier alpha value is -6.79. The second-order valence-electron chi connectivity index (χ2n) is 24.3. The van der Waals surface area contributed by atoms with Gasteiger partial charge in [-0.2, -0.15) is 4.98 Å². The number of rotatable bonds is 17. The van der Waals surface area contributed by atoms with Gasteiger partial charge < -0.3 is 56.6 Å². The number of carbonyl (C=O) groups excluding carboxylic acids is 2.